The lowest BCUT2D eigenvalue weighted by Crippen LogP contribution is -2.02. The number of rotatable bonds is 6. The van der Waals surface area contributed by atoms with Gasteiger partial charge >= 0.3 is 11.7 Å². The average Bonchev–Trinajstić information content (AvgIpc) is 2.73. The SMILES string of the molecule is CC(=O)OCc1ccc(Nc2nc(-c3cc(C#N)ccn3)ccc2[N+](=O)[O-])cc1. The Morgan fingerprint density at radius 2 is 1.97 bits per heavy atom. The van der Waals surface area contributed by atoms with E-state index in [4.69, 9.17) is 10.00 Å². The number of nitrogens with zero attached hydrogens (tertiary/aromatic N) is 4. The van der Waals surface area contributed by atoms with Crippen LogP contribution in [0.5, 0.6) is 0 Å². The summed E-state index contributed by atoms with van der Waals surface area (Å²) >= 11 is 0. The lowest BCUT2D eigenvalue weighted by Gasteiger charge is -2.09. The van der Waals surface area contributed by atoms with Gasteiger partial charge in [-0.25, -0.2) is 4.98 Å². The topological polar surface area (TPSA) is 131 Å². The highest BCUT2D eigenvalue weighted by molar-refractivity contribution is 5.70. The van der Waals surface area contributed by atoms with Gasteiger partial charge in [-0.2, -0.15) is 5.26 Å². The molecule has 0 aliphatic heterocycles. The van der Waals surface area contributed by atoms with Gasteiger partial charge in [-0.05, 0) is 35.9 Å². The van der Waals surface area contributed by atoms with Crippen molar-refractivity contribution in [2.75, 3.05) is 5.32 Å². The summed E-state index contributed by atoms with van der Waals surface area (Å²) in [7, 11) is 0. The van der Waals surface area contributed by atoms with Crippen molar-refractivity contribution >= 4 is 23.2 Å². The number of pyridine rings is 2. The highest BCUT2D eigenvalue weighted by atomic mass is 16.6. The van der Waals surface area contributed by atoms with E-state index in [1.54, 1.807) is 36.4 Å². The van der Waals surface area contributed by atoms with E-state index >= 15 is 0 Å². The number of nitro groups is 1. The van der Waals surface area contributed by atoms with E-state index in [-0.39, 0.29) is 24.1 Å². The molecule has 0 unspecified atom stereocenters. The molecule has 9 nitrogen and oxygen atoms in total. The highest BCUT2D eigenvalue weighted by Crippen LogP contribution is 2.29. The van der Waals surface area contributed by atoms with E-state index < -0.39 is 4.92 Å². The van der Waals surface area contributed by atoms with Crippen LogP contribution in [0.4, 0.5) is 17.2 Å². The largest absolute Gasteiger partial charge is 0.461 e. The van der Waals surface area contributed by atoms with Crippen LogP contribution in [-0.2, 0) is 16.1 Å². The molecular weight excluding hydrogens is 374 g/mol. The number of ether oxygens (including phenoxy) is 1. The number of hydrogen-bond donors (Lipinski definition) is 1. The van der Waals surface area contributed by atoms with E-state index in [1.807, 2.05) is 6.07 Å². The summed E-state index contributed by atoms with van der Waals surface area (Å²) in [5, 5.41) is 23.4. The molecule has 1 aromatic carbocycles. The predicted molar refractivity (Wildman–Crippen MR) is 104 cm³/mol. The molecule has 3 rings (SSSR count). The van der Waals surface area contributed by atoms with E-state index in [1.165, 1.54) is 25.3 Å². The van der Waals surface area contributed by atoms with Crippen LogP contribution in [0, 0.1) is 21.4 Å². The molecule has 9 heteroatoms. The van der Waals surface area contributed by atoms with Crippen molar-refractivity contribution in [1.82, 2.24) is 9.97 Å². The molecule has 1 N–H and O–H groups in total. The van der Waals surface area contributed by atoms with Gasteiger partial charge in [-0.15, -0.1) is 0 Å². The summed E-state index contributed by atoms with van der Waals surface area (Å²) < 4.78 is 4.93. The molecule has 0 saturated carbocycles. The quantitative estimate of drug-likeness (QED) is 0.383. The number of anilines is 2. The molecule has 2 aromatic heterocycles. The van der Waals surface area contributed by atoms with Gasteiger partial charge in [0, 0.05) is 24.9 Å². The van der Waals surface area contributed by atoms with Crippen LogP contribution >= 0.6 is 0 Å². The van der Waals surface area contributed by atoms with E-state index in [9.17, 15) is 14.9 Å². The predicted octanol–water partition coefficient (Wildman–Crippen LogP) is 3.73. The number of aromatic nitrogens is 2. The van der Waals surface area contributed by atoms with Gasteiger partial charge in [0.25, 0.3) is 0 Å². The summed E-state index contributed by atoms with van der Waals surface area (Å²) in [6.45, 7) is 1.47. The Balaban J connectivity index is 1.89. The van der Waals surface area contributed by atoms with Crippen molar-refractivity contribution in [2.24, 2.45) is 0 Å². The Bertz CT molecular complexity index is 1110. The second-order valence-electron chi connectivity index (χ2n) is 5.97. The molecule has 3 aromatic rings. The van der Waals surface area contributed by atoms with E-state index in [0.717, 1.165) is 5.56 Å². The molecule has 0 amide bonds. The third-order valence-corrected chi connectivity index (χ3v) is 3.88. The zero-order valence-electron chi connectivity index (χ0n) is 15.3. The van der Waals surface area contributed by atoms with E-state index in [2.05, 4.69) is 15.3 Å². The van der Waals surface area contributed by atoms with Crippen LogP contribution in [0.2, 0.25) is 0 Å². The summed E-state index contributed by atoms with van der Waals surface area (Å²) in [5.41, 5.74) is 2.38. The molecule has 0 saturated heterocycles. The zero-order valence-corrected chi connectivity index (χ0v) is 15.3. The first kappa shape index (κ1) is 19.4. The van der Waals surface area contributed by atoms with Crippen LogP contribution in [0.15, 0.2) is 54.7 Å². The summed E-state index contributed by atoms with van der Waals surface area (Å²) in [5.74, 6) is -0.331. The van der Waals surface area contributed by atoms with Crippen molar-refractivity contribution < 1.29 is 14.5 Å². The fourth-order valence-electron chi connectivity index (χ4n) is 2.48. The van der Waals surface area contributed by atoms with Crippen LogP contribution in [-0.4, -0.2) is 20.9 Å². The maximum atomic E-state index is 11.4. The van der Waals surface area contributed by atoms with Gasteiger partial charge in [0.1, 0.15) is 6.61 Å². The first-order valence-corrected chi connectivity index (χ1v) is 8.47. The first-order chi connectivity index (χ1) is 14.0. The Kier molecular flexibility index (Phi) is 5.75. The van der Waals surface area contributed by atoms with Crippen molar-refractivity contribution in [3.8, 4) is 17.5 Å². The third kappa shape index (κ3) is 4.90. The molecule has 0 spiro atoms. The number of carbonyl (C=O) groups is 1. The molecule has 144 valence electrons. The smallest absolute Gasteiger partial charge is 0.311 e. The molecule has 29 heavy (non-hydrogen) atoms. The first-order valence-electron chi connectivity index (χ1n) is 8.47. The van der Waals surface area contributed by atoms with Crippen molar-refractivity contribution in [3.05, 3.63) is 76.0 Å². The van der Waals surface area contributed by atoms with Crippen LogP contribution < -0.4 is 5.32 Å². The van der Waals surface area contributed by atoms with Gasteiger partial charge in [0.15, 0.2) is 0 Å². The summed E-state index contributed by atoms with van der Waals surface area (Å²) in [6, 6.07) is 14.8. The van der Waals surface area contributed by atoms with Crippen molar-refractivity contribution in [3.63, 3.8) is 0 Å². The molecule has 0 fully saturated rings. The molecule has 2 heterocycles. The molecule has 0 atom stereocenters. The lowest BCUT2D eigenvalue weighted by molar-refractivity contribution is -0.384. The van der Waals surface area contributed by atoms with Gasteiger partial charge in [-0.1, -0.05) is 12.1 Å². The Morgan fingerprint density at radius 1 is 1.21 bits per heavy atom. The highest BCUT2D eigenvalue weighted by Gasteiger charge is 2.17. The second kappa shape index (κ2) is 8.58. The second-order valence-corrected chi connectivity index (χ2v) is 5.97. The Morgan fingerprint density at radius 3 is 2.62 bits per heavy atom. The molecule has 0 bridgehead atoms. The third-order valence-electron chi connectivity index (χ3n) is 3.88. The zero-order chi connectivity index (χ0) is 20.8. The van der Waals surface area contributed by atoms with Crippen LogP contribution in [0.25, 0.3) is 11.4 Å². The number of nitrogens with one attached hydrogen (secondary N) is 1. The minimum atomic E-state index is -0.534. The fourth-order valence-corrected chi connectivity index (χ4v) is 2.48. The maximum Gasteiger partial charge on any atom is 0.311 e. The molecular formula is C20H15N5O4. The summed E-state index contributed by atoms with van der Waals surface area (Å²) in [6.07, 6.45) is 1.48. The summed E-state index contributed by atoms with van der Waals surface area (Å²) in [4.78, 5) is 30.2. The lowest BCUT2D eigenvalue weighted by atomic mass is 10.2. The van der Waals surface area contributed by atoms with Gasteiger partial charge in [0.2, 0.25) is 5.82 Å². The van der Waals surface area contributed by atoms with Crippen molar-refractivity contribution in [2.45, 2.75) is 13.5 Å². The average molecular weight is 389 g/mol. The number of hydrogen-bond acceptors (Lipinski definition) is 8. The van der Waals surface area contributed by atoms with Crippen LogP contribution in [0.3, 0.4) is 0 Å². The monoisotopic (exact) mass is 389 g/mol. The van der Waals surface area contributed by atoms with Gasteiger partial charge < -0.3 is 10.1 Å². The van der Waals surface area contributed by atoms with Gasteiger partial charge in [-0.3, -0.25) is 19.9 Å². The van der Waals surface area contributed by atoms with Crippen LogP contribution in [0.1, 0.15) is 18.1 Å². The van der Waals surface area contributed by atoms with Crippen molar-refractivity contribution in [1.29, 1.82) is 5.26 Å². The number of benzene rings is 1. The number of nitriles is 1. The molecule has 0 aliphatic carbocycles. The van der Waals surface area contributed by atoms with Gasteiger partial charge in [0.05, 0.1) is 27.9 Å². The Hall–Kier alpha value is -4.32. The number of carbonyl (C=O) groups excluding carboxylic acids is 1. The fraction of sp³-hybridized carbons (Fsp3) is 0.100. The maximum absolute atomic E-state index is 11.4. The minimum Gasteiger partial charge on any atom is -0.461 e. The normalized spacial score (nSPS) is 10.1. The molecule has 0 aliphatic rings. The standard InChI is InChI=1S/C20H15N5O4/c1-13(26)29-12-14-2-4-16(5-3-14)23-20-19(25(27)28)7-6-17(24-20)18-10-15(11-21)8-9-22-18/h2-10H,12H2,1H3,(H,23,24). The minimum absolute atomic E-state index is 0.0457. The molecule has 0 radical (unpaired) electrons. The van der Waals surface area contributed by atoms with E-state index in [0.29, 0.717) is 22.6 Å². The Labute approximate surface area is 165 Å². The number of esters is 1.